The van der Waals surface area contributed by atoms with Crippen molar-refractivity contribution >= 4 is 11.4 Å². The van der Waals surface area contributed by atoms with E-state index in [0.717, 1.165) is 23.1 Å². The predicted octanol–water partition coefficient (Wildman–Crippen LogP) is 6.79. The molecule has 0 aliphatic heterocycles. The highest BCUT2D eigenvalue weighted by atomic mass is 14.8. The SMILES string of the molecule is CCCCCCCCc1ccc(C(=CC=C=[N+]=[N-])c2cccc(C)c2)cc1. The lowest BCUT2D eigenvalue weighted by Crippen LogP contribution is -1.91. The fourth-order valence-corrected chi connectivity index (χ4v) is 3.29. The Hall–Kier alpha value is -2.66. The third kappa shape index (κ3) is 7.23. The maximum absolute atomic E-state index is 8.60. The van der Waals surface area contributed by atoms with Gasteiger partial charge in [-0.1, -0.05) is 93.1 Å². The quantitative estimate of drug-likeness (QED) is 0.147. The molecule has 0 saturated heterocycles. The Morgan fingerprint density at radius 1 is 0.963 bits per heavy atom. The Balaban J connectivity index is 2.09. The number of benzene rings is 2. The lowest BCUT2D eigenvalue weighted by molar-refractivity contribution is 0.00805. The van der Waals surface area contributed by atoms with E-state index in [1.165, 1.54) is 49.7 Å². The van der Waals surface area contributed by atoms with Crippen LogP contribution in [0.2, 0.25) is 0 Å². The van der Waals surface area contributed by atoms with E-state index in [1.54, 1.807) is 6.08 Å². The highest BCUT2D eigenvalue weighted by Gasteiger charge is 2.05. The molecule has 2 heteroatoms. The molecule has 2 aromatic carbocycles. The molecule has 140 valence electrons. The van der Waals surface area contributed by atoms with E-state index in [-0.39, 0.29) is 0 Å². The van der Waals surface area contributed by atoms with Crippen LogP contribution in [0.15, 0.2) is 60.7 Å². The summed E-state index contributed by atoms with van der Waals surface area (Å²) in [6.45, 7) is 4.35. The first-order valence-electron chi connectivity index (χ1n) is 10.0. The summed E-state index contributed by atoms with van der Waals surface area (Å²) < 4.78 is 0. The highest BCUT2D eigenvalue weighted by molar-refractivity contribution is 5.82. The molecule has 0 amide bonds. The smallest absolute Gasteiger partial charge is 0.299 e. The zero-order valence-electron chi connectivity index (χ0n) is 16.6. The molecule has 0 aliphatic rings. The first-order valence-corrected chi connectivity index (χ1v) is 10.0. The number of unbranched alkanes of at least 4 members (excludes halogenated alkanes) is 5. The average molecular weight is 359 g/mol. The minimum Gasteiger partial charge on any atom is -0.348 e. The van der Waals surface area contributed by atoms with E-state index in [1.807, 2.05) is 6.08 Å². The number of hydrogen-bond acceptors (Lipinski definition) is 0. The molecule has 0 bridgehead atoms. The molecule has 2 aromatic rings. The normalized spacial score (nSPS) is 11.0. The lowest BCUT2D eigenvalue weighted by Gasteiger charge is -2.10. The maximum atomic E-state index is 8.60. The van der Waals surface area contributed by atoms with Gasteiger partial charge >= 0.3 is 0 Å². The molecule has 27 heavy (non-hydrogen) atoms. The van der Waals surface area contributed by atoms with Crippen LogP contribution < -0.4 is 0 Å². The van der Waals surface area contributed by atoms with E-state index in [0.29, 0.717) is 0 Å². The van der Waals surface area contributed by atoms with Crippen LogP contribution in [0.5, 0.6) is 0 Å². The lowest BCUT2D eigenvalue weighted by atomic mass is 9.94. The maximum Gasteiger partial charge on any atom is 0.299 e. The molecule has 0 atom stereocenters. The van der Waals surface area contributed by atoms with E-state index >= 15 is 0 Å². The average Bonchev–Trinajstić information content (AvgIpc) is 2.69. The van der Waals surface area contributed by atoms with Gasteiger partial charge in [-0.2, -0.15) is 0 Å². The van der Waals surface area contributed by atoms with Crippen LogP contribution in [0.1, 0.15) is 67.7 Å². The molecule has 0 heterocycles. The molecule has 0 spiro atoms. The fraction of sp³-hybridized carbons (Fsp3) is 0.360. The van der Waals surface area contributed by atoms with E-state index in [4.69, 9.17) is 5.53 Å². The Morgan fingerprint density at radius 3 is 2.41 bits per heavy atom. The summed E-state index contributed by atoms with van der Waals surface area (Å²) in [5.74, 6) is 2.47. The van der Waals surface area contributed by atoms with Crippen molar-refractivity contribution in [2.75, 3.05) is 0 Å². The topological polar surface area (TPSA) is 36.4 Å². The van der Waals surface area contributed by atoms with Gasteiger partial charge in [-0.15, -0.1) is 4.79 Å². The van der Waals surface area contributed by atoms with Gasteiger partial charge in [0.05, 0.1) is 6.08 Å². The largest absolute Gasteiger partial charge is 0.348 e. The zero-order valence-corrected chi connectivity index (χ0v) is 16.6. The van der Waals surface area contributed by atoms with E-state index in [2.05, 4.69) is 73.0 Å². The predicted molar refractivity (Wildman–Crippen MR) is 115 cm³/mol. The zero-order chi connectivity index (χ0) is 19.3. The summed E-state index contributed by atoms with van der Waals surface area (Å²) in [4.78, 5) is 2.94. The minimum absolute atomic E-state index is 1.10. The Labute approximate surface area is 163 Å². The van der Waals surface area contributed by atoms with Gasteiger partial charge in [-0.05, 0) is 48.1 Å². The van der Waals surface area contributed by atoms with Gasteiger partial charge in [-0.25, -0.2) is 0 Å². The van der Waals surface area contributed by atoms with Crippen LogP contribution >= 0.6 is 0 Å². The van der Waals surface area contributed by atoms with Crippen LogP contribution in [0, 0.1) is 6.92 Å². The van der Waals surface area contributed by atoms with Crippen LogP contribution in [-0.2, 0) is 6.42 Å². The Kier molecular flexibility index (Phi) is 9.07. The van der Waals surface area contributed by atoms with Gasteiger partial charge in [0.25, 0.3) is 5.87 Å². The van der Waals surface area contributed by atoms with Crippen molar-refractivity contribution in [1.29, 1.82) is 0 Å². The molecular formula is C25H30N2. The van der Waals surface area contributed by atoms with Crippen molar-refractivity contribution < 1.29 is 4.79 Å². The summed E-state index contributed by atoms with van der Waals surface area (Å²) in [6, 6.07) is 17.3. The van der Waals surface area contributed by atoms with Crippen molar-refractivity contribution in [2.24, 2.45) is 0 Å². The van der Waals surface area contributed by atoms with Gasteiger partial charge in [0, 0.05) is 0 Å². The van der Waals surface area contributed by atoms with Crippen molar-refractivity contribution in [1.82, 2.24) is 0 Å². The second-order valence-corrected chi connectivity index (χ2v) is 7.06. The van der Waals surface area contributed by atoms with E-state index in [9.17, 15) is 0 Å². The van der Waals surface area contributed by atoms with E-state index < -0.39 is 0 Å². The molecule has 0 radical (unpaired) electrons. The van der Waals surface area contributed by atoms with Gasteiger partial charge in [0.15, 0.2) is 0 Å². The molecular weight excluding hydrogens is 328 g/mol. The summed E-state index contributed by atoms with van der Waals surface area (Å²) >= 11 is 0. The van der Waals surface area contributed by atoms with Crippen molar-refractivity contribution in [3.05, 3.63) is 88.5 Å². The minimum atomic E-state index is 1.10. The monoisotopic (exact) mass is 358 g/mol. The molecule has 0 N–H and O–H groups in total. The Bertz CT molecular complexity index is 818. The summed E-state index contributed by atoms with van der Waals surface area (Å²) in [5, 5.41) is 0. The molecule has 2 rings (SSSR count). The number of hydrogen-bond donors (Lipinski definition) is 0. The third-order valence-corrected chi connectivity index (χ3v) is 4.80. The summed E-state index contributed by atoms with van der Waals surface area (Å²) in [6.07, 6.45) is 12.7. The molecule has 2 nitrogen and oxygen atoms in total. The molecule has 0 fully saturated rings. The first kappa shape index (κ1) is 20.6. The second-order valence-electron chi connectivity index (χ2n) is 7.06. The Morgan fingerprint density at radius 2 is 1.70 bits per heavy atom. The van der Waals surface area contributed by atoms with Crippen LogP contribution in [0.4, 0.5) is 0 Å². The van der Waals surface area contributed by atoms with Gasteiger partial charge in [-0.3, -0.25) is 0 Å². The summed E-state index contributed by atoms with van der Waals surface area (Å²) in [5.41, 5.74) is 14.6. The van der Waals surface area contributed by atoms with Crippen LogP contribution in [0.25, 0.3) is 11.1 Å². The van der Waals surface area contributed by atoms with Gasteiger partial charge in [0.1, 0.15) is 0 Å². The van der Waals surface area contributed by atoms with Crippen LogP contribution in [-0.4, -0.2) is 10.7 Å². The number of aryl methyl sites for hydroxylation is 2. The van der Waals surface area contributed by atoms with Gasteiger partial charge < -0.3 is 5.53 Å². The van der Waals surface area contributed by atoms with Crippen LogP contribution in [0.3, 0.4) is 0 Å². The first-order chi connectivity index (χ1) is 13.2. The van der Waals surface area contributed by atoms with Crippen molar-refractivity contribution in [3.63, 3.8) is 0 Å². The number of rotatable bonds is 10. The molecule has 0 aliphatic carbocycles. The summed E-state index contributed by atoms with van der Waals surface area (Å²) in [7, 11) is 0. The number of allylic oxidation sites excluding steroid dienone is 2. The molecule has 0 unspecified atom stereocenters. The second kappa shape index (κ2) is 11.9. The highest BCUT2D eigenvalue weighted by Crippen LogP contribution is 2.25. The third-order valence-electron chi connectivity index (χ3n) is 4.80. The fourth-order valence-electron chi connectivity index (χ4n) is 3.29. The number of nitrogens with zero attached hydrogens (tertiary/aromatic N) is 2. The molecule has 0 aromatic heterocycles. The van der Waals surface area contributed by atoms with Gasteiger partial charge in [0.2, 0.25) is 0 Å². The standard InChI is InChI=1S/C25H30N2/c1-3-4-5-6-7-8-12-22-15-17-23(18-16-22)25(14-10-19-27-26)24-13-9-11-21(2)20-24/h9-11,13-18,20H,3-8,12H2,1-2H3. The van der Waals surface area contributed by atoms with Crippen molar-refractivity contribution in [3.8, 4) is 0 Å². The van der Waals surface area contributed by atoms with Crippen molar-refractivity contribution in [2.45, 2.75) is 58.8 Å². The molecule has 0 saturated carbocycles.